The normalized spacial score (nSPS) is 11.3. The molecule has 20 heavy (non-hydrogen) atoms. The van der Waals surface area contributed by atoms with Gasteiger partial charge in [0.15, 0.2) is 0 Å². The zero-order valence-corrected chi connectivity index (χ0v) is 12.6. The lowest BCUT2D eigenvalue weighted by molar-refractivity contribution is 0.602. The summed E-state index contributed by atoms with van der Waals surface area (Å²) in [6.45, 7) is 3.72. The van der Waals surface area contributed by atoms with Crippen molar-refractivity contribution < 1.29 is 8.42 Å². The highest BCUT2D eigenvalue weighted by atomic mass is 32.2. The number of nitrogens with zero attached hydrogens (tertiary/aromatic N) is 1. The van der Waals surface area contributed by atoms with Crippen molar-refractivity contribution in [3.05, 3.63) is 53.6 Å². The maximum atomic E-state index is 12.2. The molecule has 0 saturated carbocycles. The minimum absolute atomic E-state index is 0.613. The quantitative estimate of drug-likeness (QED) is 0.884. The van der Waals surface area contributed by atoms with E-state index in [1.54, 1.807) is 24.3 Å². The van der Waals surface area contributed by atoms with E-state index >= 15 is 0 Å². The second-order valence-corrected chi connectivity index (χ2v) is 6.69. The van der Waals surface area contributed by atoms with Crippen LogP contribution in [0, 0.1) is 13.8 Å². The van der Waals surface area contributed by atoms with Crippen LogP contribution in [0.3, 0.4) is 0 Å². The van der Waals surface area contributed by atoms with Gasteiger partial charge in [0.2, 0.25) is 10.0 Å². The third-order valence-corrected chi connectivity index (χ3v) is 4.20. The summed E-state index contributed by atoms with van der Waals surface area (Å²) in [6.07, 6.45) is 1.20. The first-order valence-corrected chi connectivity index (χ1v) is 8.07. The Morgan fingerprint density at radius 3 is 2.15 bits per heavy atom. The fourth-order valence-electron chi connectivity index (χ4n) is 2.11. The van der Waals surface area contributed by atoms with Crippen LogP contribution >= 0.6 is 0 Å². The summed E-state index contributed by atoms with van der Waals surface area (Å²) in [6, 6.07) is 12.6. The molecule has 2 N–H and O–H groups in total. The topological polar surface area (TPSA) is 63.4 Å². The Bertz CT molecular complexity index is 725. The molecule has 0 spiro atoms. The summed E-state index contributed by atoms with van der Waals surface area (Å²) in [5.74, 6) is 0. The predicted molar refractivity (Wildman–Crippen MR) is 83.8 cm³/mol. The monoisotopic (exact) mass is 290 g/mol. The van der Waals surface area contributed by atoms with Gasteiger partial charge in [0.25, 0.3) is 0 Å². The van der Waals surface area contributed by atoms with E-state index in [4.69, 9.17) is 5.73 Å². The molecule has 4 nitrogen and oxygen atoms in total. The molecule has 5 heteroatoms. The van der Waals surface area contributed by atoms with Crippen LogP contribution in [-0.2, 0) is 10.0 Å². The van der Waals surface area contributed by atoms with Gasteiger partial charge in [-0.05, 0) is 49.2 Å². The minimum Gasteiger partial charge on any atom is -0.399 e. The van der Waals surface area contributed by atoms with E-state index in [1.165, 1.54) is 10.6 Å². The van der Waals surface area contributed by atoms with E-state index in [9.17, 15) is 8.42 Å². The Balaban J connectivity index is 2.69. The van der Waals surface area contributed by atoms with Crippen molar-refractivity contribution in [1.82, 2.24) is 0 Å². The molecular weight excluding hydrogens is 272 g/mol. The summed E-state index contributed by atoms with van der Waals surface area (Å²) in [5, 5.41) is 0. The van der Waals surface area contributed by atoms with Crippen molar-refractivity contribution >= 4 is 27.1 Å². The molecule has 0 atom stereocenters. The molecular formula is C15H18N2O2S. The molecule has 0 bridgehead atoms. The molecule has 2 aromatic carbocycles. The number of anilines is 3. The van der Waals surface area contributed by atoms with Gasteiger partial charge in [0.05, 0.1) is 17.6 Å². The Hall–Kier alpha value is -2.01. The first-order chi connectivity index (χ1) is 9.30. The number of hydrogen-bond acceptors (Lipinski definition) is 3. The lowest BCUT2D eigenvalue weighted by atomic mass is 10.1. The van der Waals surface area contributed by atoms with Crippen LogP contribution in [0.4, 0.5) is 17.1 Å². The Labute approximate surface area is 119 Å². The van der Waals surface area contributed by atoms with E-state index in [0.29, 0.717) is 17.1 Å². The second kappa shape index (κ2) is 5.17. The highest BCUT2D eigenvalue weighted by Gasteiger charge is 2.21. The molecule has 0 heterocycles. The summed E-state index contributed by atoms with van der Waals surface area (Å²) >= 11 is 0. The summed E-state index contributed by atoms with van der Waals surface area (Å²) in [5.41, 5.74) is 9.45. The van der Waals surface area contributed by atoms with Crippen molar-refractivity contribution in [2.45, 2.75) is 13.8 Å². The van der Waals surface area contributed by atoms with Gasteiger partial charge in [0.1, 0.15) is 0 Å². The Morgan fingerprint density at radius 2 is 1.60 bits per heavy atom. The van der Waals surface area contributed by atoms with Crippen LogP contribution in [0.2, 0.25) is 0 Å². The maximum absolute atomic E-state index is 12.2. The van der Waals surface area contributed by atoms with Gasteiger partial charge in [-0.3, -0.25) is 0 Å². The number of nitrogen functional groups attached to an aromatic ring is 1. The van der Waals surface area contributed by atoms with Gasteiger partial charge in [-0.25, -0.2) is 12.7 Å². The molecule has 0 aliphatic heterocycles. The van der Waals surface area contributed by atoms with Crippen molar-refractivity contribution in [2.75, 3.05) is 16.3 Å². The van der Waals surface area contributed by atoms with E-state index in [1.807, 2.05) is 32.0 Å². The molecule has 0 saturated heterocycles. The molecule has 0 aliphatic carbocycles. The Morgan fingerprint density at radius 1 is 1.00 bits per heavy atom. The van der Waals surface area contributed by atoms with Gasteiger partial charge < -0.3 is 5.73 Å². The molecule has 2 aromatic rings. The molecule has 0 unspecified atom stereocenters. The number of nitrogens with two attached hydrogens (primary N) is 1. The van der Waals surface area contributed by atoms with Gasteiger partial charge in [0, 0.05) is 5.69 Å². The Kier molecular flexibility index (Phi) is 3.72. The van der Waals surface area contributed by atoms with Crippen molar-refractivity contribution in [3.8, 4) is 0 Å². The van der Waals surface area contributed by atoms with Crippen LogP contribution in [0.1, 0.15) is 11.1 Å². The number of rotatable bonds is 3. The zero-order chi connectivity index (χ0) is 14.9. The fraction of sp³-hybridized carbons (Fsp3) is 0.200. The minimum atomic E-state index is -3.43. The average molecular weight is 290 g/mol. The van der Waals surface area contributed by atoms with Crippen LogP contribution in [0.5, 0.6) is 0 Å². The standard InChI is InChI=1S/C15H18N2O2S/c1-11-10-15(12(2)9-14(11)16)17(20(3,18)19)13-7-5-4-6-8-13/h4-10H,16H2,1-3H3. The van der Waals surface area contributed by atoms with E-state index in [0.717, 1.165) is 11.1 Å². The van der Waals surface area contributed by atoms with E-state index in [-0.39, 0.29) is 0 Å². The third-order valence-electron chi connectivity index (χ3n) is 3.13. The third kappa shape index (κ3) is 2.77. The molecule has 106 valence electrons. The van der Waals surface area contributed by atoms with Gasteiger partial charge in [-0.1, -0.05) is 18.2 Å². The first-order valence-electron chi connectivity index (χ1n) is 6.23. The second-order valence-electron chi connectivity index (χ2n) is 4.86. The molecule has 0 radical (unpaired) electrons. The molecule has 0 aliphatic rings. The van der Waals surface area contributed by atoms with Crippen molar-refractivity contribution in [3.63, 3.8) is 0 Å². The highest BCUT2D eigenvalue weighted by molar-refractivity contribution is 7.92. The first kappa shape index (κ1) is 14.4. The van der Waals surface area contributed by atoms with Crippen molar-refractivity contribution in [2.24, 2.45) is 0 Å². The molecule has 0 amide bonds. The summed E-state index contributed by atoms with van der Waals surface area (Å²) in [4.78, 5) is 0. The lowest BCUT2D eigenvalue weighted by Crippen LogP contribution is -2.25. The number of hydrogen-bond donors (Lipinski definition) is 1. The number of para-hydroxylation sites is 1. The molecule has 2 rings (SSSR count). The van der Waals surface area contributed by atoms with Crippen LogP contribution in [0.15, 0.2) is 42.5 Å². The summed E-state index contributed by atoms with van der Waals surface area (Å²) < 4.78 is 25.7. The number of aryl methyl sites for hydroxylation is 2. The van der Waals surface area contributed by atoms with Gasteiger partial charge in [-0.15, -0.1) is 0 Å². The lowest BCUT2D eigenvalue weighted by Gasteiger charge is -2.25. The smallest absolute Gasteiger partial charge is 0.236 e. The van der Waals surface area contributed by atoms with E-state index < -0.39 is 10.0 Å². The maximum Gasteiger partial charge on any atom is 0.236 e. The number of sulfonamides is 1. The summed E-state index contributed by atoms with van der Waals surface area (Å²) in [7, 11) is -3.43. The number of benzene rings is 2. The fourth-order valence-corrected chi connectivity index (χ4v) is 3.17. The van der Waals surface area contributed by atoms with Crippen LogP contribution < -0.4 is 10.0 Å². The van der Waals surface area contributed by atoms with Crippen LogP contribution in [-0.4, -0.2) is 14.7 Å². The average Bonchev–Trinajstić information content (AvgIpc) is 2.35. The predicted octanol–water partition coefficient (Wildman–Crippen LogP) is 2.98. The zero-order valence-electron chi connectivity index (χ0n) is 11.8. The molecule has 0 aromatic heterocycles. The SMILES string of the molecule is Cc1cc(N(c2ccccc2)S(C)(=O)=O)c(C)cc1N. The highest BCUT2D eigenvalue weighted by Crippen LogP contribution is 2.33. The van der Waals surface area contributed by atoms with Gasteiger partial charge in [-0.2, -0.15) is 0 Å². The van der Waals surface area contributed by atoms with E-state index in [2.05, 4.69) is 0 Å². The molecule has 0 fully saturated rings. The van der Waals surface area contributed by atoms with Gasteiger partial charge >= 0.3 is 0 Å². The van der Waals surface area contributed by atoms with Crippen molar-refractivity contribution in [1.29, 1.82) is 0 Å². The largest absolute Gasteiger partial charge is 0.399 e. The van der Waals surface area contributed by atoms with Crippen LogP contribution in [0.25, 0.3) is 0 Å².